The highest BCUT2D eigenvalue weighted by Crippen LogP contribution is 2.41. The van der Waals surface area contributed by atoms with Crippen LogP contribution in [0.4, 0.5) is 0 Å². The van der Waals surface area contributed by atoms with Crippen LogP contribution in [0.3, 0.4) is 0 Å². The van der Waals surface area contributed by atoms with Gasteiger partial charge in [-0.2, -0.15) is 5.26 Å². The summed E-state index contributed by atoms with van der Waals surface area (Å²) in [6, 6.07) is 14.2. The van der Waals surface area contributed by atoms with E-state index in [1.807, 2.05) is 36.4 Å². The molecule has 2 N–H and O–H groups in total. The molecular weight excluding hydrogens is 378 g/mol. The van der Waals surface area contributed by atoms with E-state index < -0.39 is 0 Å². The van der Waals surface area contributed by atoms with E-state index >= 15 is 0 Å². The average molecular weight is 403 g/mol. The highest BCUT2D eigenvalue weighted by Gasteiger charge is 2.29. The van der Waals surface area contributed by atoms with E-state index in [0.717, 1.165) is 37.1 Å². The van der Waals surface area contributed by atoms with E-state index in [1.54, 1.807) is 7.11 Å². The molecule has 1 saturated carbocycles. The molecule has 2 aromatic carbocycles. The lowest BCUT2D eigenvalue weighted by Crippen LogP contribution is -2.41. The van der Waals surface area contributed by atoms with Crippen LogP contribution in [0.5, 0.6) is 17.2 Å². The molecule has 3 atom stereocenters. The van der Waals surface area contributed by atoms with E-state index in [1.165, 1.54) is 10.9 Å². The number of nitriles is 1. The third-order valence-electron chi connectivity index (χ3n) is 6.22. The maximum Gasteiger partial charge on any atom is 0.204 e. The number of fused-ring (bicyclic) bond motifs is 2. The van der Waals surface area contributed by atoms with Crippen LogP contribution < -0.4 is 19.5 Å². The summed E-state index contributed by atoms with van der Waals surface area (Å²) < 4.78 is 17.4. The molecule has 1 fully saturated rings. The number of H-pyrrole nitrogens is 1. The molecule has 0 radical (unpaired) electrons. The Balaban J connectivity index is 1.21. The standard InChI is InChI=1S/C24H25N3O3/c1-28-22-3-2-4-23-24(22)30-18(14-29-23)12-26-17-7-6-16(10-17)20-13-27-21-8-5-15(11-25)9-19(20)21/h2-5,8-9,13,16-18,26-27H,6-7,10,12,14H2,1H3/t16-,17-,18+/m1/s1. The van der Waals surface area contributed by atoms with Crippen molar-refractivity contribution >= 4 is 10.9 Å². The molecule has 1 aromatic heterocycles. The van der Waals surface area contributed by atoms with Gasteiger partial charge in [0.05, 0.1) is 18.7 Å². The summed E-state index contributed by atoms with van der Waals surface area (Å²) in [7, 11) is 1.64. The zero-order valence-corrected chi connectivity index (χ0v) is 17.0. The Hall–Kier alpha value is -3.17. The van der Waals surface area contributed by atoms with Crippen LogP contribution in [0.25, 0.3) is 10.9 Å². The van der Waals surface area contributed by atoms with E-state index in [9.17, 15) is 5.26 Å². The summed E-state index contributed by atoms with van der Waals surface area (Å²) in [5.74, 6) is 2.63. The van der Waals surface area contributed by atoms with Crippen molar-refractivity contribution in [3.63, 3.8) is 0 Å². The summed E-state index contributed by atoms with van der Waals surface area (Å²) in [5.41, 5.74) is 3.13. The molecule has 154 valence electrons. The fraction of sp³-hybridized carbons (Fsp3) is 0.375. The largest absolute Gasteiger partial charge is 0.493 e. The monoisotopic (exact) mass is 403 g/mol. The summed E-state index contributed by atoms with van der Waals surface area (Å²) in [6.07, 6.45) is 5.42. The number of hydrogen-bond acceptors (Lipinski definition) is 5. The van der Waals surface area contributed by atoms with Gasteiger partial charge in [-0.1, -0.05) is 6.07 Å². The number of aromatic nitrogens is 1. The summed E-state index contributed by atoms with van der Waals surface area (Å²) in [4.78, 5) is 3.36. The number of rotatable bonds is 5. The van der Waals surface area contributed by atoms with Crippen molar-refractivity contribution in [3.05, 3.63) is 53.7 Å². The van der Waals surface area contributed by atoms with Crippen LogP contribution in [0.2, 0.25) is 0 Å². The third-order valence-corrected chi connectivity index (χ3v) is 6.22. The molecule has 1 aliphatic heterocycles. The molecule has 5 rings (SSSR count). The van der Waals surface area contributed by atoms with Gasteiger partial charge in [0.15, 0.2) is 11.5 Å². The summed E-state index contributed by atoms with van der Waals surface area (Å²) in [6.45, 7) is 1.27. The summed E-state index contributed by atoms with van der Waals surface area (Å²) >= 11 is 0. The molecule has 6 heteroatoms. The Morgan fingerprint density at radius 3 is 3.07 bits per heavy atom. The minimum atomic E-state index is -0.0425. The Bertz CT molecular complexity index is 1090. The van der Waals surface area contributed by atoms with Crippen LogP contribution in [-0.2, 0) is 0 Å². The van der Waals surface area contributed by atoms with Gasteiger partial charge in [0.2, 0.25) is 5.75 Å². The van der Waals surface area contributed by atoms with Crippen LogP contribution in [0, 0.1) is 11.3 Å². The molecular formula is C24H25N3O3. The highest BCUT2D eigenvalue weighted by molar-refractivity contribution is 5.85. The van der Waals surface area contributed by atoms with Crippen LogP contribution in [0.1, 0.15) is 36.3 Å². The molecule has 30 heavy (non-hydrogen) atoms. The van der Waals surface area contributed by atoms with E-state index in [0.29, 0.717) is 35.6 Å². The Kier molecular flexibility index (Phi) is 4.97. The van der Waals surface area contributed by atoms with Crippen molar-refractivity contribution in [2.24, 2.45) is 0 Å². The van der Waals surface area contributed by atoms with Crippen molar-refractivity contribution in [2.45, 2.75) is 37.3 Å². The Morgan fingerprint density at radius 2 is 2.20 bits per heavy atom. The first kappa shape index (κ1) is 18.8. The van der Waals surface area contributed by atoms with Crippen molar-refractivity contribution in [1.29, 1.82) is 5.26 Å². The smallest absolute Gasteiger partial charge is 0.204 e. The fourth-order valence-electron chi connectivity index (χ4n) is 4.67. The second-order valence-electron chi connectivity index (χ2n) is 8.07. The number of hydrogen-bond donors (Lipinski definition) is 2. The molecule has 0 unspecified atom stereocenters. The van der Waals surface area contributed by atoms with Gasteiger partial charge in [-0.15, -0.1) is 0 Å². The van der Waals surface area contributed by atoms with Gasteiger partial charge in [-0.3, -0.25) is 0 Å². The zero-order chi connectivity index (χ0) is 20.5. The van der Waals surface area contributed by atoms with E-state index in [4.69, 9.17) is 14.2 Å². The maximum atomic E-state index is 9.22. The van der Waals surface area contributed by atoms with Gasteiger partial charge in [0.25, 0.3) is 0 Å². The topological polar surface area (TPSA) is 79.3 Å². The number of nitrogens with one attached hydrogen (secondary N) is 2. The predicted molar refractivity (Wildman–Crippen MR) is 114 cm³/mol. The number of benzene rings is 2. The molecule has 1 aliphatic carbocycles. The SMILES string of the molecule is COc1cccc2c1O[C@@H](CN[C@@H]1CC[C@@H](c3c[nH]c4ccc(C#N)cc34)C1)CO2. The molecule has 0 saturated heterocycles. The first-order valence-electron chi connectivity index (χ1n) is 10.5. The van der Waals surface area contributed by atoms with Crippen molar-refractivity contribution in [1.82, 2.24) is 10.3 Å². The van der Waals surface area contributed by atoms with Crippen LogP contribution >= 0.6 is 0 Å². The van der Waals surface area contributed by atoms with Crippen LogP contribution in [-0.4, -0.2) is 37.4 Å². The van der Waals surface area contributed by atoms with Crippen LogP contribution in [0.15, 0.2) is 42.6 Å². The molecule has 3 aromatic rings. The highest BCUT2D eigenvalue weighted by atomic mass is 16.6. The van der Waals surface area contributed by atoms with E-state index in [2.05, 4.69) is 22.6 Å². The minimum Gasteiger partial charge on any atom is -0.493 e. The first-order valence-corrected chi connectivity index (χ1v) is 10.5. The number of methoxy groups -OCH3 is 1. The summed E-state index contributed by atoms with van der Waals surface area (Å²) in [5, 5.41) is 14.1. The quantitative estimate of drug-likeness (QED) is 0.670. The third kappa shape index (κ3) is 3.46. The zero-order valence-electron chi connectivity index (χ0n) is 17.0. The lowest BCUT2D eigenvalue weighted by atomic mass is 9.96. The number of nitrogens with zero attached hydrogens (tertiary/aromatic N) is 1. The molecule has 0 bridgehead atoms. The molecule has 0 amide bonds. The lowest BCUT2D eigenvalue weighted by molar-refractivity contribution is 0.0844. The van der Waals surface area contributed by atoms with E-state index in [-0.39, 0.29) is 6.10 Å². The molecule has 0 spiro atoms. The van der Waals surface area contributed by atoms with Crippen molar-refractivity contribution in [3.8, 4) is 23.3 Å². The first-order chi connectivity index (χ1) is 14.7. The van der Waals surface area contributed by atoms with Gasteiger partial charge in [0, 0.05) is 29.7 Å². The molecule has 2 heterocycles. The number of para-hydroxylation sites is 1. The molecule has 6 nitrogen and oxygen atoms in total. The Morgan fingerprint density at radius 1 is 1.27 bits per heavy atom. The average Bonchev–Trinajstić information content (AvgIpc) is 3.43. The second-order valence-corrected chi connectivity index (χ2v) is 8.07. The fourth-order valence-corrected chi connectivity index (χ4v) is 4.67. The van der Waals surface area contributed by atoms with Gasteiger partial charge >= 0.3 is 0 Å². The number of aromatic amines is 1. The van der Waals surface area contributed by atoms with Gasteiger partial charge in [-0.25, -0.2) is 0 Å². The minimum absolute atomic E-state index is 0.0425. The Labute approximate surface area is 175 Å². The lowest BCUT2D eigenvalue weighted by Gasteiger charge is -2.28. The van der Waals surface area contributed by atoms with Crippen molar-refractivity contribution < 1.29 is 14.2 Å². The second kappa shape index (κ2) is 7.92. The maximum absolute atomic E-state index is 9.22. The number of ether oxygens (including phenoxy) is 3. The molecule has 2 aliphatic rings. The van der Waals surface area contributed by atoms with Gasteiger partial charge < -0.3 is 24.5 Å². The van der Waals surface area contributed by atoms with Gasteiger partial charge in [-0.05, 0) is 61.1 Å². The normalized spacial score (nSPS) is 22.7. The predicted octanol–water partition coefficient (Wildman–Crippen LogP) is 4.11. The van der Waals surface area contributed by atoms with Crippen molar-refractivity contribution in [2.75, 3.05) is 20.3 Å². The van der Waals surface area contributed by atoms with Gasteiger partial charge in [0.1, 0.15) is 12.7 Å².